The first-order valence-corrected chi connectivity index (χ1v) is 9.80. The van der Waals surface area contributed by atoms with Crippen molar-refractivity contribution in [3.63, 3.8) is 0 Å². The zero-order valence-electron chi connectivity index (χ0n) is 16.3. The Labute approximate surface area is 176 Å². The van der Waals surface area contributed by atoms with Crippen LogP contribution in [0.25, 0.3) is 0 Å². The summed E-state index contributed by atoms with van der Waals surface area (Å²) in [5.41, 5.74) is 2.81. The van der Waals surface area contributed by atoms with Crippen molar-refractivity contribution >= 4 is 40.7 Å². The highest BCUT2D eigenvalue weighted by molar-refractivity contribution is 6.42. The number of amides is 2. The molecule has 0 aliphatic heterocycles. The van der Waals surface area contributed by atoms with E-state index < -0.39 is 0 Å². The van der Waals surface area contributed by atoms with Gasteiger partial charge in [0.25, 0.3) is 0 Å². The van der Waals surface area contributed by atoms with Gasteiger partial charge in [-0.05, 0) is 42.8 Å². The second kappa shape index (κ2) is 10.5. The predicted molar refractivity (Wildman–Crippen MR) is 115 cm³/mol. The smallest absolute Gasteiger partial charge is 0.243 e. The normalized spacial score (nSPS) is 10.8. The monoisotopic (exact) mass is 421 g/mol. The Hall–Kier alpha value is -2.08. The average molecular weight is 422 g/mol. The molecule has 5 nitrogen and oxygen atoms in total. The highest BCUT2D eigenvalue weighted by Crippen LogP contribution is 2.23. The van der Waals surface area contributed by atoms with E-state index in [1.54, 1.807) is 19.2 Å². The summed E-state index contributed by atoms with van der Waals surface area (Å²) < 4.78 is 0. The van der Waals surface area contributed by atoms with Crippen LogP contribution >= 0.6 is 23.2 Å². The summed E-state index contributed by atoms with van der Waals surface area (Å²) in [6.07, 6.45) is 0.824. The van der Waals surface area contributed by atoms with E-state index >= 15 is 0 Å². The number of hydrogen-bond acceptors (Lipinski definition) is 3. The minimum atomic E-state index is -0.219. The molecule has 0 heterocycles. The topological polar surface area (TPSA) is 52.7 Å². The molecular formula is C21H25Cl2N3O2. The van der Waals surface area contributed by atoms with Gasteiger partial charge in [0.1, 0.15) is 0 Å². The van der Waals surface area contributed by atoms with Gasteiger partial charge in [0.15, 0.2) is 0 Å². The van der Waals surface area contributed by atoms with Gasteiger partial charge in [0, 0.05) is 19.3 Å². The van der Waals surface area contributed by atoms with Crippen LogP contribution in [0.4, 0.5) is 5.69 Å². The van der Waals surface area contributed by atoms with Crippen LogP contribution in [-0.2, 0) is 22.6 Å². The number of benzene rings is 2. The third-order valence-corrected chi connectivity index (χ3v) is 5.06. The molecule has 1 N–H and O–H groups in total. The summed E-state index contributed by atoms with van der Waals surface area (Å²) in [7, 11) is 3.46. The molecule has 0 saturated carbocycles. The van der Waals surface area contributed by atoms with Crippen molar-refractivity contribution in [2.75, 3.05) is 32.5 Å². The molecule has 0 unspecified atom stereocenters. The molecule has 0 bridgehead atoms. The van der Waals surface area contributed by atoms with E-state index in [1.807, 2.05) is 49.2 Å². The zero-order valence-corrected chi connectivity index (χ0v) is 17.8. The lowest BCUT2D eigenvalue weighted by Gasteiger charge is -2.22. The van der Waals surface area contributed by atoms with Crippen LogP contribution in [0.1, 0.15) is 18.1 Å². The fraction of sp³-hybridized carbons (Fsp3) is 0.333. The quantitative estimate of drug-likeness (QED) is 0.698. The molecule has 0 aliphatic carbocycles. The third kappa shape index (κ3) is 6.51. The number of nitrogens with one attached hydrogen (secondary N) is 1. The van der Waals surface area contributed by atoms with E-state index in [-0.39, 0.29) is 24.9 Å². The number of halogens is 2. The van der Waals surface area contributed by atoms with Crippen molar-refractivity contribution in [1.29, 1.82) is 0 Å². The van der Waals surface area contributed by atoms with Gasteiger partial charge in [0.05, 0.1) is 23.1 Å². The Bertz CT molecular complexity index is 842. The molecular weight excluding hydrogens is 397 g/mol. The number of nitrogens with zero attached hydrogens (tertiary/aromatic N) is 2. The maximum Gasteiger partial charge on any atom is 0.243 e. The zero-order chi connectivity index (χ0) is 20.7. The Morgan fingerprint density at radius 1 is 1.00 bits per heavy atom. The second-order valence-electron chi connectivity index (χ2n) is 6.73. The summed E-state index contributed by atoms with van der Waals surface area (Å²) >= 11 is 12.0. The second-order valence-corrected chi connectivity index (χ2v) is 7.54. The van der Waals surface area contributed by atoms with Crippen LogP contribution in [0.3, 0.4) is 0 Å². The highest BCUT2D eigenvalue weighted by atomic mass is 35.5. The van der Waals surface area contributed by atoms with Crippen molar-refractivity contribution in [2.45, 2.75) is 19.9 Å². The molecule has 0 aliphatic rings. The lowest BCUT2D eigenvalue weighted by atomic mass is 10.1. The van der Waals surface area contributed by atoms with Gasteiger partial charge >= 0.3 is 0 Å². The number of anilines is 1. The largest absolute Gasteiger partial charge is 0.335 e. The number of carbonyl (C=O) groups excluding carboxylic acids is 2. The molecule has 0 spiro atoms. The lowest BCUT2D eigenvalue weighted by Crippen LogP contribution is -2.40. The van der Waals surface area contributed by atoms with E-state index in [1.165, 1.54) is 4.90 Å². The summed E-state index contributed by atoms with van der Waals surface area (Å²) in [6.45, 7) is 2.77. The van der Waals surface area contributed by atoms with Gasteiger partial charge in [-0.15, -0.1) is 0 Å². The first-order chi connectivity index (χ1) is 13.3. The number of carbonyl (C=O) groups is 2. The average Bonchev–Trinajstić information content (AvgIpc) is 2.65. The predicted octanol–water partition coefficient (Wildman–Crippen LogP) is 4.08. The molecule has 0 fully saturated rings. The third-order valence-electron chi connectivity index (χ3n) is 4.32. The Balaban J connectivity index is 1.85. The molecule has 28 heavy (non-hydrogen) atoms. The van der Waals surface area contributed by atoms with Crippen molar-refractivity contribution in [3.8, 4) is 0 Å². The Morgan fingerprint density at radius 2 is 1.71 bits per heavy atom. The Morgan fingerprint density at radius 3 is 2.39 bits per heavy atom. The number of para-hydroxylation sites is 1. The van der Waals surface area contributed by atoms with Gasteiger partial charge in [-0.1, -0.05) is 54.4 Å². The molecule has 0 atom stereocenters. The van der Waals surface area contributed by atoms with Crippen molar-refractivity contribution < 1.29 is 9.59 Å². The van der Waals surface area contributed by atoms with Crippen molar-refractivity contribution in [2.24, 2.45) is 0 Å². The molecule has 7 heteroatoms. The van der Waals surface area contributed by atoms with Crippen molar-refractivity contribution in [3.05, 3.63) is 63.6 Å². The van der Waals surface area contributed by atoms with E-state index in [0.29, 0.717) is 16.6 Å². The number of rotatable bonds is 8. The molecule has 2 amide bonds. The molecule has 2 aromatic rings. The van der Waals surface area contributed by atoms with Crippen LogP contribution < -0.4 is 5.32 Å². The maximum atomic E-state index is 12.4. The fourth-order valence-corrected chi connectivity index (χ4v) is 3.12. The van der Waals surface area contributed by atoms with Gasteiger partial charge in [0.2, 0.25) is 11.8 Å². The van der Waals surface area contributed by atoms with E-state index in [0.717, 1.165) is 23.2 Å². The Kier molecular flexibility index (Phi) is 8.30. The van der Waals surface area contributed by atoms with Gasteiger partial charge < -0.3 is 10.2 Å². The summed E-state index contributed by atoms with van der Waals surface area (Å²) in [5.74, 6) is -0.356. The van der Waals surface area contributed by atoms with Crippen LogP contribution in [0.5, 0.6) is 0 Å². The van der Waals surface area contributed by atoms with Crippen molar-refractivity contribution in [1.82, 2.24) is 9.80 Å². The van der Waals surface area contributed by atoms with Crippen LogP contribution in [0.2, 0.25) is 10.0 Å². The molecule has 2 rings (SSSR count). The molecule has 0 saturated heterocycles. The minimum Gasteiger partial charge on any atom is -0.335 e. The summed E-state index contributed by atoms with van der Waals surface area (Å²) in [5, 5.41) is 3.86. The maximum absolute atomic E-state index is 12.4. The lowest BCUT2D eigenvalue weighted by molar-refractivity contribution is -0.134. The molecule has 0 aromatic heterocycles. The summed E-state index contributed by atoms with van der Waals surface area (Å²) in [4.78, 5) is 28.0. The minimum absolute atomic E-state index is 0.00249. The van der Waals surface area contributed by atoms with Gasteiger partial charge in [-0.25, -0.2) is 0 Å². The summed E-state index contributed by atoms with van der Waals surface area (Å²) in [6, 6.07) is 13.0. The number of likely N-dealkylation sites (N-methyl/N-ethyl adjacent to an activating group) is 2. The van der Waals surface area contributed by atoms with Gasteiger partial charge in [-0.2, -0.15) is 0 Å². The fourth-order valence-electron chi connectivity index (χ4n) is 2.80. The van der Waals surface area contributed by atoms with Crippen LogP contribution in [0, 0.1) is 0 Å². The number of hydrogen-bond donors (Lipinski definition) is 1. The van der Waals surface area contributed by atoms with E-state index in [4.69, 9.17) is 23.2 Å². The highest BCUT2D eigenvalue weighted by Gasteiger charge is 2.16. The van der Waals surface area contributed by atoms with Crippen LogP contribution in [0.15, 0.2) is 42.5 Å². The number of aryl methyl sites for hydroxylation is 1. The molecule has 0 radical (unpaired) electrons. The molecule has 150 valence electrons. The molecule has 2 aromatic carbocycles. The van der Waals surface area contributed by atoms with E-state index in [9.17, 15) is 9.59 Å². The SMILES string of the molecule is CCc1ccccc1NC(=O)CN(C)C(=O)CN(C)Cc1ccc(Cl)c(Cl)c1. The standard InChI is InChI=1S/C21H25Cl2N3O2/c1-4-16-7-5-6-8-19(16)24-20(27)13-26(3)21(28)14-25(2)12-15-9-10-17(22)18(23)11-15/h5-11H,4,12-14H2,1-3H3,(H,24,27). The first kappa shape index (κ1) is 22.2. The van der Waals surface area contributed by atoms with Gasteiger partial charge in [-0.3, -0.25) is 14.5 Å². The van der Waals surface area contributed by atoms with Crippen LogP contribution in [-0.4, -0.2) is 48.8 Å². The van der Waals surface area contributed by atoms with E-state index in [2.05, 4.69) is 5.32 Å². The first-order valence-electron chi connectivity index (χ1n) is 9.04.